The normalized spacial score (nSPS) is 52.0. The van der Waals surface area contributed by atoms with Crippen LogP contribution in [-0.4, -0.2) is 12.1 Å². The second-order valence-corrected chi connectivity index (χ2v) is 2.32. The van der Waals surface area contributed by atoms with Gasteiger partial charge in [-0.15, -0.1) is 0 Å². The SMILES string of the molecule is CC1C(C)[NH+]([O-])O[NH+]1[O-]. The molecule has 0 saturated carbocycles. The third-order valence-corrected chi connectivity index (χ3v) is 1.69. The number of hydrogen-bond donors (Lipinski definition) is 2. The molecule has 1 aliphatic rings. The molecule has 1 rings (SSSR count). The molecule has 2 N–H and O–H groups in total. The summed E-state index contributed by atoms with van der Waals surface area (Å²) in [5, 5.41) is 20.3. The van der Waals surface area contributed by atoms with Crippen molar-refractivity contribution in [2.75, 3.05) is 0 Å². The summed E-state index contributed by atoms with van der Waals surface area (Å²) < 4.78 is 0. The van der Waals surface area contributed by atoms with Crippen LogP contribution >= 0.6 is 0 Å². The van der Waals surface area contributed by atoms with Crippen LogP contribution in [0.2, 0.25) is 0 Å². The van der Waals surface area contributed by atoms with Crippen LogP contribution in [0.25, 0.3) is 0 Å². The molecule has 1 saturated heterocycles. The lowest BCUT2D eigenvalue weighted by Gasteiger charge is -2.12. The second-order valence-electron chi connectivity index (χ2n) is 2.32. The molecule has 54 valence electrons. The smallest absolute Gasteiger partial charge is 0.174 e. The highest BCUT2D eigenvalue weighted by atomic mass is 17.1. The van der Waals surface area contributed by atoms with Crippen molar-refractivity contribution in [3.8, 4) is 0 Å². The minimum Gasteiger partial charge on any atom is -0.595 e. The highest BCUT2D eigenvalue weighted by molar-refractivity contribution is 4.55. The van der Waals surface area contributed by atoms with E-state index in [1.807, 2.05) is 0 Å². The Labute approximate surface area is 52.9 Å². The van der Waals surface area contributed by atoms with Gasteiger partial charge in [0.15, 0.2) is 12.1 Å². The Bertz CT molecular complexity index is 98.0. The lowest BCUT2D eigenvalue weighted by Crippen LogP contribution is -3.18. The molecule has 0 radical (unpaired) electrons. The molecule has 0 amide bonds. The lowest BCUT2D eigenvalue weighted by molar-refractivity contribution is -1.27. The molecule has 4 unspecified atom stereocenters. The number of hydrogen-bond acceptors (Lipinski definition) is 3. The largest absolute Gasteiger partial charge is 0.595 e. The zero-order valence-corrected chi connectivity index (χ0v) is 5.38. The summed E-state index contributed by atoms with van der Waals surface area (Å²) >= 11 is 0. The lowest BCUT2D eigenvalue weighted by atomic mass is 10.2. The van der Waals surface area contributed by atoms with E-state index < -0.39 is 10.5 Å². The Morgan fingerprint density at radius 2 is 1.44 bits per heavy atom. The standard InChI is InChI=1S/C4H10N2O3/c1-3-4(2)6(8)9-5(3)7/h3-6H,1-2H3. The molecule has 9 heavy (non-hydrogen) atoms. The first-order valence-corrected chi connectivity index (χ1v) is 2.88. The maximum atomic E-state index is 10.6. The van der Waals surface area contributed by atoms with Crippen LogP contribution in [0, 0.1) is 10.4 Å². The average Bonchev–Trinajstić information content (AvgIpc) is 1.98. The van der Waals surface area contributed by atoms with Crippen LogP contribution < -0.4 is 10.5 Å². The van der Waals surface area contributed by atoms with Gasteiger partial charge in [-0.25, -0.2) is 0 Å². The number of rotatable bonds is 0. The van der Waals surface area contributed by atoms with Crippen LogP contribution in [-0.2, 0) is 4.94 Å². The van der Waals surface area contributed by atoms with Gasteiger partial charge < -0.3 is 10.4 Å². The topological polar surface area (TPSA) is 64.2 Å². The zero-order chi connectivity index (χ0) is 7.02. The molecule has 0 spiro atoms. The summed E-state index contributed by atoms with van der Waals surface area (Å²) in [6, 6.07) is -0.505. The van der Waals surface area contributed by atoms with E-state index in [0.717, 1.165) is 0 Å². The maximum Gasteiger partial charge on any atom is 0.174 e. The molecular formula is C4H10N2O3. The molecule has 4 atom stereocenters. The second kappa shape index (κ2) is 2.20. The Morgan fingerprint density at radius 1 is 1.11 bits per heavy atom. The van der Waals surface area contributed by atoms with E-state index >= 15 is 0 Å². The van der Waals surface area contributed by atoms with Gasteiger partial charge in [0.1, 0.15) is 0 Å². The summed E-state index contributed by atoms with van der Waals surface area (Å²) in [6.45, 7) is 3.38. The van der Waals surface area contributed by atoms with Gasteiger partial charge >= 0.3 is 0 Å². The fourth-order valence-electron chi connectivity index (χ4n) is 0.693. The van der Waals surface area contributed by atoms with Crippen LogP contribution in [0.1, 0.15) is 13.8 Å². The molecule has 0 aromatic heterocycles. The first-order valence-electron chi connectivity index (χ1n) is 2.88. The van der Waals surface area contributed by atoms with Crippen molar-refractivity contribution in [2.24, 2.45) is 0 Å². The van der Waals surface area contributed by atoms with Gasteiger partial charge in [-0.05, 0) is 18.8 Å². The molecule has 5 nitrogen and oxygen atoms in total. The van der Waals surface area contributed by atoms with Crippen molar-refractivity contribution < 1.29 is 15.4 Å². The van der Waals surface area contributed by atoms with Gasteiger partial charge in [-0.3, -0.25) is 0 Å². The van der Waals surface area contributed by atoms with E-state index in [0.29, 0.717) is 0 Å². The zero-order valence-electron chi connectivity index (χ0n) is 5.38. The van der Waals surface area contributed by atoms with Gasteiger partial charge in [-0.2, -0.15) is 10.5 Å². The van der Waals surface area contributed by atoms with E-state index in [9.17, 15) is 10.4 Å². The van der Waals surface area contributed by atoms with Crippen LogP contribution in [0.3, 0.4) is 0 Å². The third kappa shape index (κ3) is 1.05. The van der Waals surface area contributed by atoms with Crippen molar-refractivity contribution in [1.82, 2.24) is 0 Å². The van der Waals surface area contributed by atoms with Gasteiger partial charge in [0.05, 0.1) is 0 Å². The highest BCUT2D eigenvalue weighted by Gasteiger charge is 2.36. The first kappa shape index (κ1) is 6.91. The van der Waals surface area contributed by atoms with Crippen molar-refractivity contribution in [3.63, 3.8) is 0 Å². The molecular weight excluding hydrogens is 124 g/mol. The number of nitrogens with one attached hydrogen (secondary N) is 2. The predicted octanol–water partition coefficient (Wildman–Crippen LogP) is -2.61. The quantitative estimate of drug-likeness (QED) is 0.357. The fourth-order valence-corrected chi connectivity index (χ4v) is 0.693. The van der Waals surface area contributed by atoms with Crippen LogP contribution in [0.15, 0.2) is 0 Å². The molecule has 1 heterocycles. The minimum atomic E-state index is -0.396. The fraction of sp³-hybridized carbons (Fsp3) is 1.00. The van der Waals surface area contributed by atoms with Crippen molar-refractivity contribution >= 4 is 0 Å². The van der Waals surface area contributed by atoms with Crippen LogP contribution in [0.4, 0.5) is 0 Å². The van der Waals surface area contributed by atoms with E-state index in [2.05, 4.69) is 4.94 Å². The molecule has 0 aromatic carbocycles. The van der Waals surface area contributed by atoms with Gasteiger partial charge in [0, 0.05) is 0 Å². The molecule has 5 heteroatoms. The van der Waals surface area contributed by atoms with Crippen LogP contribution in [0.5, 0.6) is 0 Å². The Kier molecular flexibility index (Phi) is 1.69. The summed E-state index contributed by atoms with van der Waals surface area (Å²) in [5.41, 5.74) is 0. The van der Waals surface area contributed by atoms with Crippen molar-refractivity contribution in [1.29, 1.82) is 0 Å². The third-order valence-electron chi connectivity index (χ3n) is 1.69. The summed E-state index contributed by atoms with van der Waals surface area (Å²) in [4.78, 5) is 4.31. The molecule has 1 aliphatic heterocycles. The van der Waals surface area contributed by atoms with Gasteiger partial charge in [0.25, 0.3) is 0 Å². The van der Waals surface area contributed by atoms with Gasteiger partial charge in [-0.1, -0.05) is 0 Å². The predicted molar refractivity (Wildman–Crippen MR) is 28.7 cm³/mol. The maximum absolute atomic E-state index is 10.6. The van der Waals surface area contributed by atoms with Crippen molar-refractivity contribution in [3.05, 3.63) is 10.4 Å². The summed E-state index contributed by atoms with van der Waals surface area (Å²) in [7, 11) is 0. The molecule has 0 aromatic rings. The summed E-state index contributed by atoms with van der Waals surface area (Å²) in [6.07, 6.45) is 0. The van der Waals surface area contributed by atoms with E-state index in [1.165, 1.54) is 0 Å². The van der Waals surface area contributed by atoms with Gasteiger partial charge in [0.2, 0.25) is 0 Å². The Hall–Kier alpha value is -0.200. The summed E-state index contributed by atoms with van der Waals surface area (Å²) in [5.74, 6) is 0. The molecule has 0 aliphatic carbocycles. The van der Waals surface area contributed by atoms with E-state index in [1.54, 1.807) is 13.8 Å². The van der Waals surface area contributed by atoms with E-state index in [4.69, 9.17) is 0 Å². The first-order chi connectivity index (χ1) is 4.13. The number of hydroxylamine groups is 4. The minimum absolute atomic E-state index is 0.252. The highest BCUT2D eigenvalue weighted by Crippen LogP contribution is 1.85. The van der Waals surface area contributed by atoms with E-state index in [-0.39, 0.29) is 12.1 Å². The Balaban J connectivity index is 2.54. The monoisotopic (exact) mass is 134 g/mol. The van der Waals surface area contributed by atoms with Crippen molar-refractivity contribution in [2.45, 2.75) is 25.9 Å². The Morgan fingerprint density at radius 3 is 1.56 bits per heavy atom. The molecule has 0 bridgehead atoms. The number of quaternary nitrogens is 2. The molecule has 1 fully saturated rings. The average molecular weight is 134 g/mol.